The van der Waals surface area contributed by atoms with E-state index in [1.54, 1.807) is 24.4 Å². The van der Waals surface area contributed by atoms with Crippen LogP contribution in [-0.2, 0) is 6.42 Å². The van der Waals surface area contributed by atoms with Crippen molar-refractivity contribution in [2.45, 2.75) is 6.42 Å². The Morgan fingerprint density at radius 3 is 2.38 bits per heavy atom. The third-order valence-corrected chi connectivity index (χ3v) is 5.60. The highest BCUT2D eigenvalue weighted by Crippen LogP contribution is 2.32. The summed E-state index contributed by atoms with van der Waals surface area (Å²) in [6.07, 6.45) is 2.04. The number of fused-ring (bicyclic) bond motifs is 1. The Kier molecular flexibility index (Phi) is 5.60. The first kappa shape index (κ1) is 19.5. The molecule has 144 valence electrons. The van der Waals surface area contributed by atoms with Gasteiger partial charge in [-0.05, 0) is 67.3 Å². The molecule has 0 fully saturated rings. The second-order valence-electron chi connectivity index (χ2n) is 6.40. The SMILES string of the molecule is O=c1c2ccccc2nc(Cc2ccccc2)n1/N=C/c1cc(Br)c(O)c(Br)c1. The summed E-state index contributed by atoms with van der Waals surface area (Å²) >= 11 is 6.61. The van der Waals surface area contributed by atoms with Crippen molar-refractivity contribution in [3.05, 3.63) is 103 Å². The summed E-state index contributed by atoms with van der Waals surface area (Å²) in [4.78, 5) is 17.8. The minimum Gasteiger partial charge on any atom is -0.506 e. The maximum absolute atomic E-state index is 13.1. The summed E-state index contributed by atoms with van der Waals surface area (Å²) in [5.74, 6) is 0.657. The van der Waals surface area contributed by atoms with Crippen LogP contribution in [0.1, 0.15) is 17.0 Å². The lowest BCUT2D eigenvalue weighted by Gasteiger charge is -2.09. The molecule has 4 aromatic rings. The minimum absolute atomic E-state index is 0.108. The smallest absolute Gasteiger partial charge is 0.282 e. The summed E-state index contributed by atoms with van der Waals surface area (Å²) < 4.78 is 2.40. The summed E-state index contributed by atoms with van der Waals surface area (Å²) in [6, 6.07) is 20.5. The third kappa shape index (κ3) is 4.16. The molecule has 29 heavy (non-hydrogen) atoms. The Bertz CT molecular complexity index is 1260. The Hall–Kier alpha value is -2.77. The maximum Gasteiger partial charge on any atom is 0.282 e. The summed E-state index contributed by atoms with van der Waals surface area (Å²) in [7, 11) is 0. The number of aromatic hydroxyl groups is 1. The molecular weight excluding hydrogens is 498 g/mol. The number of halogens is 2. The van der Waals surface area contributed by atoms with Crippen molar-refractivity contribution in [1.82, 2.24) is 9.66 Å². The van der Waals surface area contributed by atoms with Crippen LogP contribution < -0.4 is 5.56 Å². The van der Waals surface area contributed by atoms with Crippen molar-refractivity contribution in [3.63, 3.8) is 0 Å². The molecule has 0 aliphatic carbocycles. The molecule has 0 amide bonds. The van der Waals surface area contributed by atoms with E-state index in [0.29, 0.717) is 37.7 Å². The van der Waals surface area contributed by atoms with E-state index in [-0.39, 0.29) is 11.3 Å². The van der Waals surface area contributed by atoms with E-state index in [2.05, 4.69) is 41.9 Å². The molecule has 0 atom stereocenters. The third-order valence-electron chi connectivity index (χ3n) is 4.39. The maximum atomic E-state index is 13.1. The molecule has 0 saturated carbocycles. The van der Waals surface area contributed by atoms with Gasteiger partial charge in [0.05, 0.1) is 26.1 Å². The Morgan fingerprint density at radius 1 is 1.00 bits per heavy atom. The van der Waals surface area contributed by atoms with E-state index in [1.165, 1.54) is 4.68 Å². The van der Waals surface area contributed by atoms with Crippen LogP contribution in [-0.4, -0.2) is 21.0 Å². The van der Waals surface area contributed by atoms with Crippen LogP contribution in [0.3, 0.4) is 0 Å². The van der Waals surface area contributed by atoms with Crippen molar-refractivity contribution in [2.75, 3.05) is 0 Å². The lowest BCUT2D eigenvalue weighted by molar-refractivity contribution is 0.468. The van der Waals surface area contributed by atoms with Gasteiger partial charge in [-0.2, -0.15) is 9.78 Å². The Labute approximate surface area is 183 Å². The molecule has 0 aliphatic rings. The van der Waals surface area contributed by atoms with Gasteiger partial charge < -0.3 is 5.11 Å². The standard InChI is InChI=1S/C22H15Br2N3O2/c23-17-10-15(11-18(24)21(17)28)13-25-27-20(12-14-6-2-1-3-7-14)26-19-9-5-4-8-16(19)22(27)29/h1-11,13,28H,12H2/b25-13+. The molecule has 3 aromatic carbocycles. The van der Waals surface area contributed by atoms with Crippen LogP contribution in [0.25, 0.3) is 10.9 Å². The average Bonchev–Trinajstić information content (AvgIpc) is 2.72. The molecule has 1 heterocycles. The number of phenols is 1. The predicted molar refractivity (Wildman–Crippen MR) is 122 cm³/mol. The van der Waals surface area contributed by atoms with Gasteiger partial charge in [-0.1, -0.05) is 42.5 Å². The number of phenolic OH excluding ortho intramolecular Hbond substituents is 1. The van der Waals surface area contributed by atoms with Crippen molar-refractivity contribution < 1.29 is 5.11 Å². The lowest BCUT2D eigenvalue weighted by atomic mass is 10.1. The molecule has 0 spiro atoms. The van der Waals surface area contributed by atoms with Gasteiger partial charge in [0.1, 0.15) is 11.6 Å². The summed E-state index contributed by atoms with van der Waals surface area (Å²) in [5, 5.41) is 14.8. The van der Waals surface area contributed by atoms with E-state index in [9.17, 15) is 9.90 Å². The number of para-hydroxylation sites is 1. The molecule has 0 saturated heterocycles. The number of nitrogens with zero attached hydrogens (tertiary/aromatic N) is 3. The zero-order valence-corrected chi connectivity index (χ0v) is 18.3. The summed E-state index contributed by atoms with van der Waals surface area (Å²) in [6.45, 7) is 0. The molecular formula is C22H15Br2N3O2. The van der Waals surface area contributed by atoms with E-state index in [1.807, 2.05) is 48.5 Å². The van der Waals surface area contributed by atoms with Crippen molar-refractivity contribution in [3.8, 4) is 5.75 Å². The fourth-order valence-electron chi connectivity index (χ4n) is 2.97. The van der Waals surface area contributed by atoms with Crippen LogP contribution in [0.5, 0.6) is 5.75 Å². The fourth-order valence-corrected chi connectivity index (χ4v) is 4.19. The predicted octanol–water partition coefficient (Wildman–Crippen LogP) is 5.10. The summed E-state index contributed by atoms with van der Waals surface area (Å²) in [5.41, 5.74) is 2.17. The van der Waals surface area contributed by atoms with Crippen LogP contribution in [0, 0.1) is 0 Å². The van der Waals surface area contributed by atoms with E-state index >= 15 is 0 Å². The second-order valence-corrected chi connectivity index (χ2v) is 8.11. The number of aromatic nitrogens is 2. The fraction of sp³-hybridized carbons (Fsp3) is 0.0455. The van der Waals surface area contributed by atoms with Gasteiger partial charge in [0.2, 0.25) is 0 Å². The Balaban J connectivity index is 1.84. The first-order chi connectivity index (χ1) is 14.0. The van der Waals surface area contributed by atoms with Gasteiger partial charge in [0.25, 0.3) is 5.56 Å². The molecule has 0 radical (unpaired) electrons. The first-order valence-electron chi connectivity index (χ1n) is 8.80. The number of hydrogen-bond acceptors (Lipinski definition) is 4. The molecule has 1 N–H and O–H groups in total. The van der Waals surface area contributed by atoms with E-state index in [4.69, 9.17) is 0 Å². The molecule has 0 unspecified atom stereocenters. The van der Waals surface area contributed by atoms with Gasteiger partial charge in [-0.15, -0.1) is 0 Å². The van der Waals surface area contributed by atoms with Crippen LogP contribution >= 0.6 is 31.9 Å². The van der Waals surface area contributed by atoms with E-state index < -0.39 is 0 Å². The van der Waals surface area contributed by atoms with Crippen molar-refractivity contribution in [1.29, 1.82) is 0 Å². The van der Waals surface area contributed by atoms with Gasteiger partial charge in [0.15, 0.2) is 0 Å². The zero-order valence-electron chi connectivity index (χ0n) is 15.1. The molecule has 4 rings (SSSR count). The van der Waals surface area contributed by atoms with Crippen LogP contribution in [0.2, 0.25) is 0 Å². The highest BCUT2D eigenvalue weighted by Gasteiger charge is 2.11. The normalized spacial score (nSPS) is 11.4. The Morgan fingerprint density at radius 2 is 1.66 bits per heavy atom. The largest absolute Gasteiger partial charge is 0.506 e. The minimum atomic E-state index is -0.227. The van der Waals surface area contributed by atoms with E-state index in [0.717, 1.165) is 5.56 Å². The van der Waals surface area contributed by atoms with Crippen LogP contribution in [0.4, 0.5) is 0 Å². The monoisotopic (exact) mass is 511 g/mol. The molecule has 5 nitrogen and oxygen atoms in total. The number of hydrogen-bond donors (Lipinski definition) is 1. The second kappa shape index (κ2) is 8.31. The quantitative estimate of drug-likeness (QED) is 0.387. The highest BCUT2D eigenvalue weighted by atomic mass is 79.9. The molecule has 0 aliphatic heterocycles. The molecule has 7 heteroatoms. The van der Waals surface area contributed by atoms with Crippen molar-refractivity contribution >= 4 is 49.0 Å². The van der Waals surface area contributed by atoms with Crippen molar-refractivity contribution in [2.24, 2.45) is 5.10 Å². The van der Waals surface area contributed by atoms with Gasteiger partial charge in [-0.3, -0.25) is 4.79 Å². The van der Waals surface area contributed by atoms with Gasteiger partial charge >= 0.3 is 0 Å². The molecule has 1 aromatic heterocycles. The zero-order chi connectivity index (χ0) is 20.4. The first-order valence-corrected chi connectivity index (χ1v) is 10.4. The lowest BCUT2D eigenvalue weighted by Crippen LogP contribution is -2.22. The average molecular weight is 513 g/mol. The number of rotatable bonds is 4. The topological polar surface area (TPSA) is 67.5 Å². The van der Waals surface area contributed by atoms with Crippen LogP contribution in [0.15, 0.2) is 85.6 Å². The number of benzene rings is 3. The molecule has 0 bridgehead atoms. The van der Waals surface area contributed by atoms with Gasteiger partial charge in [0, 0.05) is 6.42 Å². The highest BCUT2D eigenvalue weighted by molar-refractivity contribution is 9.11. The van der Waals surface area contributed by atoms with Gasteiger partial charge in [-0.25, -0.2) is 4.98 Å².